The van der Waals surface area contributed by atoms with Gasteiger partial charge in [-0.15, -0.1) is 0 Å². The van der Waals surface area contributed by atoms with E-state index in [0.717, 1.165) is 29.0 Å². The first-order chi connectivity index (χ1) is 11.2. The molecule has 0 radical (unpaired) electrons. The van der Waals surface area contributed by atoms with E-state index >= 15 is 0 Å². The van der Waals surface area contributed by atoms with Crippen LogP contribution < -0.4 is 4.74 Å². The molecule has 5 heteroatoms. The van der Waals surface area contributed by atoms with Gasteiger partial charge in [-0.25, -0.2) is 9.40 Å². The number of hydrogen-bond donors (Lipinski definition) is 0. The number of hydrazone groups is 1. The molecule has 0 spiro atoms. The third-order valence-electron chi connectivity index (χ3n) is 3.78. The lowest BCUT2D eigenvalue weighted by atomic mass is 10.1. The quantitative estimate of drug-likeness (QED) is 0.871. The number of benzene rings is 2. The van der Waals surface area contributed by atoms with Gasteiger partial charge < -0.3 is 4.74 Å². The Labute approximate surface area is 134 Å². The highest BCUT2D eigenvalue weighted by molar-refractivity contribution is 6.02. The van der Waals surface area contributed by atoms with Crippen molar-refractivity contribution in [1.29, 1.82) is 0 Å². The number of ether oxygens (including phenoxy) is 1. The highest BCUT2D eigenvalue weighted by Crippen LogP contribution is 2.18. The molecule has 23 heavy (non-hydrogen) atoms. The first-order valence-corrected chi connectivity index (χ1v) is 7.42. The Morgan fingerprint density at radius 3 is 2.52 bits per heavy atom. The van der Waals surface area contributed by atoms with Gasteiger partial charge >= 0.3 is 0 Å². The Morgan fingerprint density at radius 2 is 1.87 bits per heavy atom. The second-order valence-electron chi connectivity index (χ2n) is 5.35. The molecule has 3 rings (SSSR count). The number of rotatable bonds is 4. The normalized spacial score (nSPS) is 13.8. The van der Waals surface area contributed by atoms with Gasteiger partial charge in [0.25, 0.3) is 0 Å². The highest BCUT2D eigenvalue weighted by Gasteiger charge is 2.21. The van der Waals surface area contributed by atoms with Crippen LogP contribution in [0.5, 0.6) is 5.75 Å². The molecule has 0 bridgehead atoms. The van der Waals surface area contributed by atoms with Crippen LogP contribution in [0.2, 0.25) is 0 Å². The van der Waals surface area contributed by atoms with E-state index in [0.29, 0.717) is 6.54 Å². The summed E-state index contributed by atoms with van der Waals surface area (Å²) in [5, 5.41) is 5.90. The predicted octanol–water partition coefficient (Wildman–Crippen LogP) is 3.01. The van der Waals surface area contributed by atoms with Crippen LogP contribution in [0.1, 0.15) is 17.5 Å². The maximum absolute atomic E-state index is 12.9. The lowest BCUT2D eigenvalue weighted by Crippen LogP contribution is -2.25. The van der Waals surface area contributed by atoms with Gasteiger partial charge in [0.2, 0.25) is 5.91 Å². The average Bonchev–Trinajstić information content (AvgIpc) is 3.07. The van der Waals surface area contributed by atoms with E-state index in [9.17, 15) is 9.18 Å². The standard InChI is InChI=1S/C18H17FN2O2/c1-23-16-8-4-14(5-9-16)17-10-11-21(20-17)18(22)12-13-2-6-15(19)7-3-13/h2-9H,10-12H2,1H3. The van der Waals surface area contributed by atoms with Crippen molar-refractivity contribution < 1.29 is 13.9 Å². The largest absolute Gasteiger partial charge is 0.497 e. The predicted molar refractivity (Wildman–Crippen MR) is 86.0 cm³/mol. The molecule has 2 aromatic rings. The molecule has 0 unspecified atom stereocenters. The van der Waals surface area contributed by atoms with Crippen LogP contribution >= 0.6 is 0 Å². The summed E-state index contributed by atoms with van der Waals surface area (Å²) in [6, 6.07) is 13.6. The zero-order valence-electron chi connectivity index (χ0n) is 12.8. The Balaban J connectivity index is 1.68. The van der Waals surface area contributed by atoms with Crippen LogP contribution in [0.3, 0.4) is 0 Å². The minimum atomic E-state index is -0.304. The highest BCUT2D eigenvalue weighted by atomic mass is 19.1. The number of methoxy groups -OCH3 is 1. The lowest BCUT2D eigenvalue weighted by molar-refractivity contribution is -0.130. The van der Waals surface area contributed by atoms with Gasteiger partial charge in [0.15, 0.2) is 0 Å². The van der Waals surface area contributed by atoms with Gasteiger partial charge in [-0.05, 0) is 47.5 Å². The van der Waals surface area contributed by atoms with E-state index in [1.807, 2.05) is 24.3 Å². The maximum Gasteiger partial charge on any atom is 0.247 e. The summed E-state index contributed by atoms with van der Waals surface area (Å²) in [4.78, 5) is 12.3. The molecular formula is C18H17FN2O2. The maximum atomic E-state index is 12.9. The molecule has 0 N–H and O–H groups in total. The van der Waals surface area contributed by atoms with Crippen molar-refractivity contribution >= 4 is 11.6 Å². The molecular weight excluding hydrogens is 295 g/mol. The third kappa shape index (κ3) is 3.56. The zero-order valence-corrected chi connectivity index (χ0v) is 12.8. The van der Waals surface area contributed by atoms with Gasteiger partial charge in [0.1, 0.15) is 11.6 Å². The van der Waals surface area contributed by atoms with Crippen molar-refractivity contribution in [3.63, 3.8) is 0 Å². The molecule has 0 fully saturated rings. The number of halogens is 1. The van der Waals surface area contributed by atoms with E-state index in [-0.39, 0.29) is 18.1 Å². The summed E-state index contributed by atoms with van der Waals surface area (Å²) < 4.78 is 18.0. The summed E-state index contributed by atoms with van der Waals surface area (Å²) >= 11 is 0. The molecule has 118 valence electrons. The van der Waals surface area contributed by atoms with E-state index in [4.69, 9.17) is 4.74 Å². The number of carbonyl (C=O) groups excluding carboxylic acids is 1. The van der Waals surface area contributed by atoms with Crippen LogP contribution in [0.25, 0.3) is 0 Å². The minimum Gasteiger partial charge on any atom is -0.497 e. The van der Waals surface area contributed by atoms with Gasteiger partial charge in [0, 0.05) is 6.42 Å². The van der Waals surface area contributed by atoms with Crippen molar-refractivity contribution in [2.45, 2.75) is 12.8 Å². The van der Waals surface area contributed by atoms with E-state index < -0.39 is 0 Å². The smallest absolute Gasteiger partial charge is 0.247 e. The number of carbonyl (C=O) groups is 1. The molecule has 1 aliphatic rings. The molecule has 0 saturated carbocycles. The average molecular weight is 312 g/mol. The van der Waals surface area contributed by atoms with Gasteiger partial charge in [-0.3, -0.25) is 4.79 Å². The first kappa shape index (κ1) is 15.2. The van der Waals surface area contributed by atoms with E-state index in [2.05, 4.69) is 5.10 Å². The number of hydrogen-bond acceptors (Lipinski definition) is 3. The summed E-state index contributed by atoms with van der Waals surface area (Å²) in [6.07, 6.45) is 0.946. The van der Waals surface area contributed by atoms with Crippen LogP contribution in [-0.4, -0.2) is 30.3 Å². The second-order valence-corrected chi connectivity index (χ2v) is 5.35. The first-order valence-electron chi connectivity index (χ1n) is 7.42. The Hall–Kier alpha value is -2.69. The lowest BCUT2D eigenvalue weighted by Gasteiger charge is -2.11. The molecule has 1 amide bonds. The Morgan fingerprint density at radius 1 is 1.17 bits per heavy atom. The van der Waals surface area contributed by atoms with Crippen LogP contribution in [0.4, 0.5) is 4.39 Å². The zero-order chi connectivity index (χ0) is 16.2. The van der Waals surface area contributed by atoms with Crippen LogP contribution in [-0.2, 0) is 11.2 Å². The van der Waals surface area contributed by atoms with Crippen molar-refractivity contribution in [2.75, 3.05) is 13.7 Å². The molecule has 2 aromatic carbocycles. The molecule has 0 atom stereocenters. The molecule has 1 aliphatic heterocycles. The molecule has 0 aromatic heterocycles. The molecule has 1 heterocycles. The minimum absolute atomic E-state index is 0.0832. The summed E-state index contributed by atoms with van der Waals surface area (Å²) in [6.45, 7) is 0.571. The number of nitrogens with zero attached hydrogens (tertiary/aromatic N) is 2. The third-order valence-corrected chi connectivity index (χ3v) is 3.78. The van der Waals surface area contributed by atoms with Crippen LogP contribution in [0, 0.1) is 5.82 Å². The van der Waals surface area contributed by atoms with Crippen molar-refractivity contribution in [3.8, 4) is 5.75 Å². The van der Waals surface area contributed by atoms with Gasteiger partial charge in [0.05, 0.1) is 25.8 Å². The van der Waals surface area contributed by atoms with Crippen molar-refractivity contribution in [1.82, 2.24) is 5.01 Å². The van der Waals surface area contributed by atoms with Crippen molar-refractivity contribution in [3.05, 3.63) is 65.5 Å². The fourth-order valence-electron chi connectivity index (χ4n) is 2.49. The molecule has 0 saturated heterocycles. The van der Waals surface area contributed by atoms with Gasteiger partial charge in [-0.1, -0.05) is 12.1 Å². The molecule has 4 nitrogen and oxygen atoms in total. The van der Waals surface area contributed by atoms with Gasteiger partial charge in [-0.2, -0.15) is 5.10 Å². The Bertz CT molecular complexity index is 724. The van der Waals surface area contributed by atoms with Crippen LogP contribution in [0.15, 0.2) is 53.6 Å². The fourth-order valence-corrected chi connectivity index (χ4v) is 2.49. The fraction of sp³-hybridized carbons (Fsp3) is 0.222. The topological polar surface area (TPSA) is 41.9 Å². The summed E-state index contributed by atoms with van der Waals surface area (Å²) in [7, 11) is 1.62. The molecule has 0 aliphatic carbocycles. The second kappa shape index (κ2) is 6.60. The number of amides is 1. The monoisotopic (exact) mass is 312 g/mol. The summed E-state index contributed by atoms with van der Waals surface area (Å²) in [5.41, 5.74) is 2.66. The Kier molecular flexibility index (Phi) is 4.37. The van der Waals surface area contributed by atoms with E-state index in [1.54, 1.807) is 19.2 Å². The van der Waals surface area contributed by atoms with Crippen molar-refractivity contribution in [2.24, 2.45) is 5.10 Å². The SMILES string of the molecule is COc1ccc(C2=NN(C(=O)Cc3ccc(F)cc3)CC2)cc1. The van der Waals surface area contributed by atoms with E-state index in [1.165, 1.54) is 17.1 Å². The summed E-state index contributed by atoms with van der Waals surface area (Å²) in [5.74, 6) is 0.402.